The molecule has 6 nitrogen and oxygen atoms in total. The van der Waals surface area contributed by atoms with E-state index >= 15 is 0 Å². The minimum atomic E-state index is -0.574. The largest absolute Gasteiger partial charge is 0.409 e. The fraction of sp³-hybridized carbons (Fsp3) is 0.818. The first-order chi connectivity index (χ1) is 8.13. The van der Waals surface area contributed by atoms with Crippen LogP contribution in [0, 0.1) is 5.92 Å². The van der Waals surface area contributed by atoms with Crippen LogP contribution in [0.3, 0.4) is 0 Å². The summed E-state index contributed by atoms with van der Waals surface area (Å²) in [7, 11) is 0. The van der Waals surface area contributed by atoms with Gasteiger partial charge in [-0.15, -0.1) is 0 Å². The molecule has 2 rings (SSSR count). The molecule has 1 amide bonds. The van der Waals surface area contributed by atoms with Gasteiger partial charge in [-0.2, -0.15) is 0 Å². The predicted molar refractivity (Wildman–Crippen MR) is 63.7 cm³/mol. The molecule has 4 N–H and O–H groups in total. The molecule has 0 aromatic carbocycles. The first-order valence-electron chi connectivity index (χ1n) is 6.15. The Balaban J connectivity index is 1.91. The van der Waals surface area contributed by atoms with Crippen molar-refractivity contribution in [3.05, 3.63) is 0 Å². The number of rotatable bonds is 3. The van der Waals surface area contributed by atoms with Gasteiger partial charge in [0.2, 0.25) is 5.91 Å². The number of hydrogen-bond acceptors (Lipinski definition) is 4. The molecular weight excluding hydrogens is 220 g/mol. The van der Waals surface area contributed by atoms with Gasteiger partial charge in [0.1, 0.15) is 0 Å². The standard InChI is InChI=1S/C11H20N4O2/c1-7(10(12)14-17)11(16)13-8-4-6-15-5-2-3-9(8)15/h7-9,17H,2-6H2,1H3,(H2,12,14)(H,13,16). The molecular formula is C11H20N4O2. The zero-order chi connectivity index (χ0) is 12.4. The second kappa shape index (κ2) is 4.91. The van der Waals surface area contributed by atoms with Crippen LogP contribution >= 0.6 is 0 Å². The van der Waals surface area contributed by atoms with Gasteiger partial charge in [-0.05, 0) is 32.7 Å². The molecule has 2 aliphatic rings. The lowest BCUT2D eigenvalue weighted by atomic mass is 10.0. The number of nitrogens with zero attached hydrogens (tertiary/aromatic N) is 2. The van der Waals surface area contributed by atoms with E-state index in [0.717, 1.165) is 25.9 Å². The maximum absolute atomic E-state index is 11.9. The highest BCUT2D eigenvalue weighted by Gasteiger charge is 2.38. The third-order valence-electron chi connectivity index (χ3n) is 3.89. The maximum atomic E-state index is 11.9. The highest BCUT2D eigenvalue weighted by Crippen LogP contribution is 2.27. The van der Waals surface area contributed by atoms with E-state index in [2.05, 4.69) is 15.4 Å². The average molecular weight is 240 g/mol. The van der Waals surface area contributed by atoms with Crippen LogP contribution in [0.2, 0.25) is 0 Å². The molecule has 2 fully saturated rings. The van der Waals surface area contributed by atoms with Crippen molar-refractivity contribution in [2.75, 3.05) is 13.1 Å². The summed E-state index contributed by atoms with van der Waals surface area (Å²) >= 11 is 0. The molecule has 2 aliphatic heterocycles. The van der Waals surface area contributed by atoms with E-state index in [-0.39, 0.29) is 17.8 Å². The van der Waals surface area contributed by atoms with Crippen LogP contribution in [-0.2, 0) is 4.79 Å². The molecule has 6 heteroatoms. The lowest BCUT2D eigenvalue weighted by Crippen LogP contribution is -2.46. The smallest absolute Gasteiger partial charge is 0.230 e. The fourth-order valence-corrected chi connectivity index (χ4v) is 2.78. The first-order valence-corrected chi connectivity index (χ1v) is 6.15. The van der Waals surface area contributed by atoms with Gasteiger partial charge in [-0.25, -0.2) is 0 Å². The summed E-state index contributed by atoms with van der Waals surface area (Å²) in [5.74, 6) is -0.765. The summed E-state index contributed by atoms with van der Waals surface area (Å²) in [5, 5.41) is 14.4. The second-order valence-electron chi connectivity index (χ2n) is 4.90. The van der Waals surface area contributed by atoms with Crippen molar-refractivity contribution in [1.29, 1.82) is 0 Å². The molecule has 0 aromatic rings. The lowest BCUT2D eigenvalue weighted by molar-refractivity contribution is -0.123. The van der Waals surface area contributed by atoms with E-state index in [0.29, 0.717) is 6.04 Å². The normalized spacial score (nSPS) is 31.2. The van der Waals surface area contributed by atoms with Crippen molar-refractivity contribution in [3.8, 4) is 0 Å². The van der Waals surface area contributed by atoms with Crippen molar-refractivity contribution in [2.24, 2.45) is 16.8 Å². The Labute approximate surface area is 101 Å². The maximum Gasteiger partial charge on any atom is 0.230 e. The van der Waals surface area contributed by atoms with Crippen LogP contribution < -0.4 is 11.1 Å². The number of amides is 1. The number of oxime groups is 1. The van der Waals surface area contributed by atoms with E-state index in [1.165, 1.54) is 6.42 Å². The Morgan fingerprint density at radius 1 is 1.53 bits per heavy atom. The summed E-state index contributed by atoms with van der Waals surface area (Å²) in [6.07, 6.45) is 3.37. The number of nitrogens with two attached hydrogens (primary N) is 1. The molecule has 17 heavy (non-hydrogen) atoms. The molecule has 2 heterocycles. The van der Waals surface area contributed by atoms with Crippen molar-refractivity contribution in [3.63, 3.8) is 0 Å². The Bertz CT molecular complexity index is 331. The molecule has 0 radical (unpaired) electrons. The van der Waals surface area contributed by atoms with Gasteiger partial charge in [0.15, 0.2) is 5.84 Å². The van der Waals surface area contributed by atoms with Crippen molar-refractivity contribution in [1.82, 2.24) is 10.2 Å². The molecule has 0 aliphatic carbocycles. The predicted octanol–water partition coefficient (Wildman–Crippen LogP) is -0.278. The summed E-state index contributed by atoms with van der Waals surface area (Å²) in [4.78, 5) is 14.3. The van der Waals surface area contributed by atoms with Crippen LogP contribution in [0.5, 0.6) is 0 Å². The summed E-state index contributed by atoms with van der Waals surface area (Å²) in [5.41, 5.74) is 5.43. The topological polar surface area (TPSA) is 91.0 Å². The zero-order valence-electron chi connectivity index (χ0n) is 10.1. The van der Waals surface area contributed by atoms with Crippen molar-refractivity contribution >= 4 is 11.7 Å². The minimum Gasteiger partial charge on any atom is -0.409 e. The number of carbonyl (C=O) groups is 1. The third-order valence-corrected chi connectivity index (χ3v) is 3.89. The van der Waals surface area contributed by atoms with Crippen molar-refractivity contribution in [2.45, 2.75) is 38.3 Å². The van der Waals surface area contributed by atoms with Crippen LogP contribution in [0.1, 0.15) is 26.2 Å². The van der Waals surface area contributed by atoms with Crippen LogP contribution in [0.15, 0.2) is 5.16 Å². The van der Waals surface area contributed by atoms with E-state index in [9.17, 15) is 4.79 Å². The highest BCUT2D eigenvalue weighted by molar-refractivity contribution is 6.01. The number of carbonyl (C=O) groups excluding carboxylic acids is 1. The second-order valence-corrected chi connectivity index (χ2v) is 4.90. The van der Waals surface area contributed by atoms with Gasteiger partial charge in [0.05, 0.1) is 5.92 Å². The summed E-state index contributed by atoms with van der Waals surface area (Å²) < 4.78 is 0. The SMILES string of the molecule is CC(C(=O)NC1CCN2CCCC12)C(N)=NO. The molecule has 96 valence electrons. The van der Waals surface area contributed by atoms with Gasteiger partial charge in [-0.3, -0.25) is 9.69 Å². The van der Waals surface area contributed by atoms with E-state index in [4.69, 9.17) is 10.9 Å². The zero-order valence-corrected chi connectivity index (χ0v) is 10.1. The average Bonchev–Trinajstić information content (AvgIpc) is 2.91. The molecule has 0 saturated carbocycles. The van der Waals surface area contributed by atoms with E-state index in [1.807, 2.05) is 0 Å². The van der Waals surface area contributed by atoms with Gasteiger partial charge >= 0.3 is 0 Å². The van der Waals surface area contributed by atoms with Gasteiger partial charge < -0.3 is 16.3 Å². The lowest BCUT2D eigenvalue weighted by Gasteiger charge is -2.22. The highest BCUT2D eigenvalue weighted by atomic mass is 16.4. The Hall–Kier alpha value is -1.30. The molecule has 3 unspecified atom stereocenters. The van der Waals surface area contributed by atoms with E-state index < -0.39 is 5.92 Å². The third kappa shape index (κ3) is 2.36. The fourth-order valence-electron chi connectivity index (χ4n) is 2.78. The monoisotopic (exact) mass is 240 g/mol. The minimum absolute atomic E-state index is 0.0382. The number of amidine groups is 1. The van der Waals surface area contributed by atoms with Crippen LogP contribution in [0.4, 0.5) is 0 Å². The van der Waals surface area contributed by atoms with Crippen molar-refractivity contribution < 1.29 is 10.0 Å². The first kappa shape index (κ1) is 12.2. The Morgan fingerprint density at radius 2 is 2.29 bits per heavy atom. The van der Waals surface area contributed by atoms with Crippen LogP contribution in [0.25, 0.3) is 0 Å². The van der Waals surface area contributed by atoms with Crippen LogP contribution in [-0.4, -0.2) is 47.0 Å². The molecule has 0 spiro atoms. The number of nitrogens with one attached hydrogen (secondary N) is 1. The number of fused-ring (bicyclic) bond motifs is 1. The van der Waals surface area contributed by atoms with E-state index in [1.54, 1.807) is 6.92 Å². The quantitative estimate of drug-likeness (QED) is 0.274. The van der Waals surface area contributed by atoms with Gasteiger partial charge in [0, 0.05) is 18.6 Å². The summed E-state index contributed by atoms with van der Waals surface area (Å²) in [6, 6.07) is 0.706. The molecule has 3 atom stereocenters. The molecule has 0 bridgehead atoms. The van der Waals surface area contributed by atoms with Gasteiger partial charge in [0.25, 0.3) is 0 Å². The van der Waals surface area contributed by atoms with Gasteiger partial charge in [-0.1, -0.05) is 5.16 Å². The number of hydrogen-bond donors (Lipinski definition) is 3. The summed E-state index contributed by atoms with van der Waals surface area (Å²) in [6.45, 7) is 3.85. The molecule has 0 aromatic heterocycles. The Morgan fingerprint density at radius 3 is 3.00 bits per heavy atom. The Kier molecular flexibility index (Phi) is 3.51. The molecule has 2 saturated heterocycles.